The summed E-state index contributed by atoms with van der Waals surface area (Å²) in [5.41, 5.74) is -0.117. The van der Waals surface area contributed by atoms with Gasteiger partial charge in [0.2, 0.25) is 0 Å². The maximum absolute atomic E-state index is 11.8. The predicted octanol–water partition coefficient (Wildman–Crippen LogP) is 1.34. The smallest absolute Gasteiger partial charge is 0.288 e. The number of hydrogen-bond donors (Lipinski definition) is 2. The molecule has 1 aromatic heterocycles. The second-order valence-electron chi connectivity index (χ2n) is 3.86. The lowest BCUT2D eigenvalue weighted by atomic mass is 10.2. The van der Waals surface area contributed by atoms with Gasteiger partial charge in [0.05, 0.1) is 4.92 Å². The summed E-state index contributed by atoms with van der Waals surface area (Å²) in [6.45, 7) is 0.338. The molecular weight excluding hydrogens is 286 g/mol. The van der Waals surface area contributed by atoms with Crippen LogP contribution in [0.4, 0.5) is 5.69 Å². The number of nitrogens with zero attached hydrogens (tertiary/aromatic N) is 3. The van der Waals surface area contributed by atoms with Crippen molar-refractivity contribution in [1.29, 1.82) is 0 Å². The molecule has 104 valence electrons. The number of nitro benzene ring substituents is 1. The molecule has 0 spiro atoms. The van der Waals surface area contributed by atoms with Gasteiger partial charge in [-0.2, -0.15) is 5.10 Å². The molecule has 0 saturated heterocycles. The minimum absolute atomic E-state index is 0.00629. The van der Waals surface area contributed by atoms with Crippen molar-refractivity contribution in [3.63, 3.8) is 0 Å². The Morgan fingerprint density at radius 1 is 1.50 bits per heavy atom. The van der Waals surface area contributed by atoms with E-state index >= 15 is 0 Å². The van der Waals surface area contributed by atoms with E-state index in [0.29, 0.717) is 18.8 Å². The number of hydrogen-bond acceptors (Lipinski definition) is 5. The summed E-state index contributed by atoms with van der Waals surface area (Å²) >= 11 is 5.68. The Hall–Kier alpha value is -2.48. The molecular formula is C11H10ClN5O3. The van der Waals surface area contributed by atoms with Gasteiger partial charge < -0.3 is 5.32 Å². The summed E-state index contributed by atoms with van der Waals surface area (Å²) in [6.07, 6.45) is 1.86. The van der Waals surface area contributed by atoms with Crippen molar-refractivity contribution in [3.8, 4) is 0 Å². The number of aromatic amines is 1. The minimum atomic E-state index is -0.631. The molecule has 0 fully saturated rings. The van der Waals surface area contributed by atoms with Crippen molar-refractivity contribution in [2.24, 2.45) is 0 Å². The second-order valence-corrected chi connectivity index (χ2v) is 4.27. The van der Waals surface area contributed by atoms with E-state index in [-0.39, 0.29) is 16.3 Å². The van der Waals surface area contributed by atoms with E-state index in [4.69, 9.17) is 11.6 Å². The summed E-state index contributed by atoms with van der Waals surface area (Å²) in [4.78, 5) is 25.9. The highest BCUT2D eigenvalue weighted by molar-refractivity contribution is 6.32. The Labute approximate surface area is 118 Å². The summed E-state index contributed by atoms with van der Waals surface area (Å²) in [6, 6.07) is 3.90. The lowest BCUT2D eigenvalue weighted by molar-refractivity contribution is -0.384. The molecule has 0 atom stereocenters. The van der Waals surface area contributed by atoms with Crippen LogP contribution >= 0.6 is 11.6 Å². The number of halogens is 1. The highest BCUT2D eigenvalue weighted by Gasteiger charge is 2.16. The predicted molar refractivity (Wildman–Crippen MR) is 70.5 cm³/mol. The molecule has 1 amide bonds. The molecule has 0 unspecified atom stereocenters. The van der Waals surface area contributed by atoms with Gasteiger partial charge in [-0.25, -0.2) is 4.98 Å². The molecule has 0 aliphatic heterocycles. The second kappa shape index (κ2) is 6.11. The zero-order valence-electron chi connectivity index (χ0n) is 10.2. The van der Waals surface area contributed by atoms with Gasteiger partial charge in [0.15, 0.2) is 0 Å². The molecule has 9 heteroatoms. The number of nitro groups is 1. The van der Waals surface area contributed by atoms with E-state index in [1.165, 1.54) is 18.5 Å². The summed E-state index contributed by atoms with van der Waals surface area (Å²) in [5.74, 6) is 0.233. The standard InChI is InChI=1S/C11H10ClN5O3/c12-8-2-1-7(5-9(8)17(19)20)11(18)13-4-3-10-14-6-15-16-10/h1-2,5-6H,3-4H2,(H,13,18)(H,14,15,16). The Morgan fingerprint density at radius 2 is 2.30 bits per heavy atom. The fourth-order valence-corrected chi connectivity index (χ4v) is 1.73. The van der Waals surface area contributed by atoms with Crippen molar-refractivity contribution in [2.45, 2.75) is 6.42 Å². The van der Waals surface area contributed by atoms with Gasteiger partial charge in [-0.05, 0) is 12.1 Å². The largest absolute Gasteiger partial charge is 0.352 e. The first-order valence-corrected chi connectivity index (χ1v) is 6.02. The van der Waals surface area contributed by atoms with Crippen LogP contribution < -0.4 is 5.32 Å². The van der Waals surface area contributed by atoms with E-state index in [9.17, 15) is 14.9 Å². The van der Waals surface area contributed by atoms with Crippen molar-refractivity contribution in [1.82, 2.24) is 20.5 Å². The fraction of sp³-hybridized carbons (Fsp3) is 0.182. The average molecular weight is 296 g/mol. The maximum Gasteiger partial charge on any atom is 0.288 e. The molecule has 2 aromatic rings. The first-order valence-electron chi connectivity index (χ1n) is 5.64. The van der Waals surface area contributed by atoms with Gasteiger partial charge in [0.25, 0.3) is 11.6 Å². The number of amides is 1. The van der Waals surface area contributed by atoms with Crippen molar-refractivity contribution < 1.29 is 9.72 Å². The first-order chi connectivity index (χ1) is 9.58. The number of nitrogens with one attached hydrogen (secondary N) is 2. The summed E-state index contributed by atoms with van der Waals surface area (Å²) < 4.78 is 0. The lowest BCUT2D eigenvalue weighted by Gasteiger charge is -2.04. The van der Waals surface area contributed by atoms with Crippen LogP contribution in [0.1, 0.15) is 16.2 Å². The monoisotopic (exact) mass is 295 g/mol. The maximum atomic E-state index is 11.8. The molecule has 0 aliphatic carbocycles. The molecule has 1 heterocycles. The van der Waals surface area contributed by atoms with Gasteiger partial charge >= 0.3 is 0 Å². The number of aromatic nitrogens is 3. The van der Waals surface area contributed by atoms with Crippen LogP contribution in [-0.2, 0) is 6.42 Å². The highest BCUT2D eigenvalue weighted by Crippen LogP contribution is 2.24. The Balaban J connectivity index is 1.98. The number of H-pyrrole nitrogens is 1. The van der Waals surface area contributed by atoms with Crippen LogP contribution in [0.25, 0.3) is 0 Å². The number of carbonyl (C=O) groups excluding carboxylic acids is 1. The van der Waals surface area contributed by atoms with E-state index in [1.54, 1.807) is 0 Å². The third-order valence-electron chi connectivity index (χ3n) is 2.52. The number of carbonyl (C=O) groups is 1. The fourth-order valence-electron chi connectivity index (χ4n) is 1.54. The number of benzene rings is 1. The van der Waals surface area contributed by atoms with E-state index in [1.807, 2.05) is 0 Å². The SMILES string of the molecule is O=C(NCCc1ncn[nH]1)c1ccc(Cl)c([N+](=O)[O-])c1. The van der Waals surface area contributed by atoms with E-state index < -0.39 is 10.8 Å². The molecule has 20 heavy (non-hydrogen) atoms. The summed E-state index contributed by atoms with van der Waals surface area (Å²) in [5, 5.41) is 19.7. The van der Waals surface area contributed by atoms with Crippen LogP contribution in [0.3, 0.4) is 0 Å². The topological polar surface area (TPSA) is 114 Å². The van der Waals surface area contributed by atoms with Crippen LogP contribution in [0.5, 0.6) is 0 Å². The van der Waals surface area contributed by atoms with Gasteiger partial charge in [0.1, 0.15) is 17.2 Å². The van der Waals surface area contributed by atoms with Crippen LogP contribution in [-0.4, -0.2) is 32.6 Å². The van der Waals surface area contributed by atoms with Crippen LogP contribution in [0.15, 0.2) is 24.5 Å². The minimum Gasteiger partial charge on any atom is -0.352 e. The molecule has 8 nitrogen and oxygen atoms in total. The lowest BCUT2D eigenvalue weighted by Crippen LogP contribution is -2.26. The normalized spacial score (nSPS) is 10.2. The highest BCUT2D eigenvalue weighted by atomic mass is 35.5. The van der Waals surface area contributed by atoms with Gasteiger partial charge in [-0.1, -0.05) is 11.6 Å². The Bertz CT molecular complexity index is 629. The first kappa shape index (κ1) is 13.9. The van der Waals surface area contributed by atoms with Crippen molar-refractivity contribution >= 4 is 23.2 Å². The Kier molecular flexibility index (Phi) is 4.26. The van der Waals surface area contributed by atoms with Crippen LogP contribution in [0.2, 0.25) is 5.02 Å². The third-order valence-corrected chi connectivity index (χ3v) is 2.84. The molecule has 0 aliphatic rings. The molecule has 0 radical (unpaired) electrons. The van der Waals surface area contributed by atoms with Crippen molar-refractivity contribution in [2.75, 3.05) is 6.54 Å². The molecule has 0 saturated carbocycles. The van der Waals surface area contributed by atoms with Crippen LogP contribution in [0, 0.1) is 10.1 Å². The Morgan fingerprint density at radius 3 is 2.95 bits per heavy atom. The van der Waals surface area contributed by atoms with Gasteiger partial charge in [-0.3, -0.25) is 20.0 Å². The van der Waals surface area contributed by atoms with Gasteiger partial charge in [-0.15, -0.1) is 0 Å². The molecule has 2 rings (SSSR count). The number of rotatable bonds is 5. The van der Waals surface area contributed by atoms with Gasteiger partial charge in [0, 0.05) is 24.6 Å². The zero-order chi connectivity index (χ0) is 14.5. The quantitative estimate of drug-likeness (QED) is 0.638. The molecule has 2 N–H and O–H groups in total. The van der Waals surface area contributed by atoms with E-state index in [2.05, 4.69) is 20.5 Å². The van der Waals surface area contributed by atoms with E-state index in [0.717, 1.165) is 6.07 Å². The average Bonchev–Trinajstić information content (AvgIpc) is 2.92. The summed E-state index contributed by atoms with van der Waals surface area (Å²) in [7, 11) is 0. The molecule has 0 bridgehead atoms. The third kappa shape index (κ3) is 3.29. The molecule has 1 aromatic carbocycles. The zero-order valence-corrected chi connectivity index (χ0v) is 10.9. The van der Waals surface area contributed by atoms with Crippen molar-refractivity contribution in [3.05, 3.63) is 51.1 Å².